The normalized spacial score (nSPS) is 13.6. The van der Waals surface area contributed by atoms with Gasteiger partial charge in [0.05, 0.1) is 34.6 Å². The number of ether oxygens (including phenoxy) is 2. The number of carbonyl (C=O) groups is 1. The molecule has 1 aliphatic heterocycles. The number of aromatic nitrogens is 3. The molecule has 1 aliphatic rings. The third-order valence-corrected chi connectivity index (χ3v) is 7.66. The van der Waals surface area contributed by atoms with Crippen molar-refractivity contribution in [2.75, 3.05) is 32.6 Å². The van der Waals surface area contributed by atoms with E-state index in [0.29, 0.717) is 45.5 Å². The Kier molecular flexibility index (Phi) is 8.18. The average molecular weight is 580 g/mol. The van der Waals surface area contributed by atoms with Crippen molar-refractivity contribution in [3.63, 3.8) is 0 Å². The first-order chi connectivity index (χ1) is 19.3. The summed E-state index contributed by atoms with van der Waals surface area (Å²) in [5.74, 6) is -0.0564. The molecular weight excluding hydrogens is 553 g/mol. The number of benzene rings is 2. The molecule has 1 saturated heterocycles. The highest BCUT2D eigenvalue weighted by atomic mass is 35.5. The maximum atomic E-state index is 12.8. The first-order valence-electron chi connectivity index (χ1n) is 12.5. The van der Waals surface area contributed by atoms with Crippen LogP contribution in [0.2, 0.25) is 10.0 Å². The van der Waals surface area contributed by atoms with Crippen LogP contribution in [-0.2, 0) is 18.3 Å². The van der Waals surface area contributed by atoms with E-state index >= 15 is 0 Å². The molecule has 11 heteroatoms. The Morgan fingerprint density at radius 1 is 1.00 bits per heavy atom. The predicted octanol–water partition coefficient (Wildman–Crippen LogP) is 4.91. The minimum atomic E-state index is -0.589. The van der Waals surface area contributed by atoms with Gasteiger partial charge in [0.15, 0.2) is 0 Å². The second-order valence-corrected chi connectivity index (χ2v) is 10.1. The smallest absolute Gasteiger partial charge is 0.279 e. The van der Waals surface area contributed by atoms with Gasteiger partial charge in [0.2, 0.25) is 5.88 Å². The van der Waals surface area contributed by atoms with Crippen LogP contribution < -0.4 is 15.6 Å². The number of amides is 1. The first-order valence-corrected chi connectivity index (χ1v) is 13.3. The van der Waals surface area contributed by atoms with E-state index in [1.807, 2.05) is 36.4 Å². The summed E-state index contributed by atoms with van der Waals surface area (Å²) in [5.41, 5.74) is 3.40. The number of methoxy groups -OCH3 is 2. The molecule has 0 saturated carbocycles. The van der Waals surface area contributed by atoms with Gasteiger partial charge in [-0.1, -0.05) is 59.6 Å². The van der Waals surface area contributed by atoms with Gasteiger partial charge in [-0.3, -0.25) is 14.5 Å². The Labute approximate surface area is 241 Å². The monoisotopic (exact) mass is 579 g/mol. The SMILES string of the molecule is COc1nc(-c2cccc(-c3cccc(NC(=O)c4ccnn(C)c4=O)c3Cl)c2Cl)ccc1CN1CC(OC)C1. The van der Waals surface area contributed by atoms with E-state index in [0.717, 1.165) is 23.3 Å². The summed E-state index contributed by atoms with van der Waals surface area (Å²) in [6.45, 7) is 2.45. The molecule has 2 aromatic carbocycles. The van der Waals surface area contributed by atoms with Gasteiger partial charge < -0.3 is 14.8 Å². The fourth-order valence-corrected chi connectivity index (χ4v) is 5.20. The molecule has 40 heavy (non-hydrogen) atoms. The van der Waals surface area contributed by atoms with Crippen molar-refractivity contribution >= 4 is 34.8 Å². The highest BCUT2D eigenvalue weighted by Gasteiger charge is 2.27. The quantitative estimate of drug-likeness (QED) is 0.316. The van der Waals surface area contributed by atoms with E-state index in [-0.39, 0.29) is 16.7 Å². The van der Waals surface area contributed by atoms with Gasteiger partial charge in [0.25, 0.3) is 11.5 Å². The standard InChI is InChI=1S/C29H27Cl2N5O4/c1-35-29(38)22(12-13-32-35)27(37)33-24-9-5-7-20(26(24)31)19-6-4-8-21(25(19)30)23-11-10-17(28(34-23)40-3)14-36-15-18(16-36)39-2/h4-13,18H,14-16H2,1-3H3,(H,33,37). The molecular formula is C29H27Cl2N5O4. The summed E-state index contributed by atoms with van der Waals surface area (Å²) < 4.78 is 12.1. The van der Waals surface area contributed by atoms with Gasteiger partial charge in [-0.25, -0.2) is 9.67 Å². The molecule has 1 N–H and O–H groups in total. The molecule has 0 atom stereocenters. The Balaban J connectivity index is 1.43. The number of hydrogen-bond acceptors (Lipinski definition) is 7. The summed E-state index contributed by atoms with van der Waals surface area (Å²) in [7, 11) is 4.80. The van der Waals surface area contributed by atoms with E-state index < -0.39 is 11.5 Å². The van der Waals surface area contributed by atoms with Gasteiger partial charge in [-0.15, -0.1) is 0 Å². The second-order valence-electron chi connectivity index (χ2n) is 9.38. The van der Waals surface area contributed by atoms with Crippen molar-refractivity contribution in [3.05, 3.63) is 92.3 Å². The lowest BCUT2D eigenvalue weighted by Crippen LogP contribution is -2.50. The van der Waals surface area contributed by atoms with Crippen LogP contribution in [0.3, 0.4) is 0 Å². The lowest BCUT2D eigenvalue weighted by molar-refractivity contribution is -0.0337. The van der Waals surface area contributed by atoms with E-state index in [4.69, 9.17) is 37.7 Å². The van der Waals surface area contributed by atoms with Crippen molar-refractivity contribution in [3.8, 4) is 28.3 Å². The number of carbonyl (C=O) groups excluding carboxylic acids is 1. The molecule has 0 unspecified atom stereocenters. The Bertz CT molecular complexity index is 1640. The molecule has 4 aromatic rings. The largest absolute Gasteiger partial charge is 0.481 e. The van der Waals surface area contributed by atoms with Crippen LogP contribution in [0.4, 0.5) is 5.69 Å². The van der Waals surface area contributed by atoms with E-state index in [2.05, 4.69) is 15.3 Å². The summed E-state index contributed by atoms with van der Waals surface area (Å²) in [6.07, 6.45) is 1.65. The maximum Gasteiger partial charge on any atom is 0.279 e. The van der Waals surface area contributed by atoms with Crippen molar-refractivity contribution in [1.29, 1.82) is 0 Å². The molecule has 0 radical (unpaired) electrons. The Hall–Kier alpha value is -3.76. The zero-order valence-electron chi connectivity index (χ0n) is 22.1. The number of aryl methyl sites for hydroxylation is 1. The van der Waals surface area contributed by atoms with E-state index in [9.17, 15) is 9.59 Å². The summed E-state index contributed by atoms with van der Waals surface area (Å²) >= 11 is 13.7. The number of anilines is 1. The van der Waals surface area contributed by atoms with Gasteiger partial charge in [-0.05, 0) is 18.2 Å². The molecule has 9 nitrogen and oxygen atoms in total. The average Bonchev–Trinajstić information content (AvgIpc) is 2.93. The van der Waals surface area contributed by atoms with Gasteiger partial charge in [-0.2, -0.15) is 5.10 Å². The van der Waals surface area contributed by atoms with Crippen LogP contribution in [0.25, 0.3) is 22.4 Å². The zero-order valence-corrected chi connectivity index (χ0v) is 23.7. The molecule has 206 valence electrons. The minimum absolute atomic E-state index is 0.0462. The lowest BCUT2D eigenvalue weighted by Gasteiger charge is -2.38. The highest BCUT2D eigenvalue weighted by Crippen LogP contribution is 2.41. The third kappa shape index (κ3) is 5.46. The van der Waals surface area contributed by atoms with Gasteiger partial charge in [0, 0.05) is 62.2 Å². The Morgan fingerprint density at radius 2 is 1.70 bits per heavy atom. The molecule has 3 heterocycles. The van der Waals surface area contributed by atoms with Crippen molar-refractivity contribution < 1.29 is 14.3 Å². The molecule has 0 spiro atoms. The number of likely N-dealkylation sites (tertiary alicyclic amines) is 1. The number of hydrogen-bond donors (Lipinski definition) is 1. The first kappa shape index (κ1) is 27.8. The molecule has 1 fully saturated rings. The lowest BCUT2D eigenvalue weighted by atomic mass is 10.00. The predicted molar refractivity (Wildman–Crippen MR) is 155 cm³/mol. The molecule has 2 aromatic heterocycles. The van der Waals surface area contributed by atoms with Gasteiger partial charge in [0.1, 0.15) is 5.56 Å². The number of pyridine rings is 1. The Morgan fingerprint density at radius 3 is 2.42 bits per heavy atom. The molecule has 0 bridgehead atoms. The number of halogens is 2. The molecule has 5 rings (SSSR count). The number of nitrogens with zero attached hydrogens (tertiary/aromatic N) is 4. The van der Waals surface area contributed by atoms with Crippen molar-refractivity contribution in [2.24, 2.45) is 7.05 Å². The van der Waals surface area contributed by atoms with Crippen LogP contribution in [-0.4, -0.2) is 59.0 Å². The highest BCUT2D eigenvalue weighted by molar-refractivity contribution is 6.39. The van der Waals surface area contributed by atoms with Crippen molar-refractivity contribution in [1.82, 2.24) is 19.7 Å². The maximum absolute atomic E-state index is 12.8. The molecule has 0 aliphatic carbocycles. The van der Waals surface area contributed by atoms with Crippen LogP contribution in [0.15, 0.2) is 65.6 Å². The fourth-order valence-electron chi connectivity index (χ4n) is 4.60. The topological polar surface area (TPSA) is 98.6 Å². The fraction of sp³-hybridized carbons (Fsp3) is 0.241. The minimum Gasteiger partial charge on any atom is -0.481 e. The second kappa shape index (κ2) is 11.8. The van der Waals surface area contributed by atoms with Gasteiger partial charge >= 0.3 is 0 Å². The van der Waals surface area contributed by atoms with Crippen LogP contribution in [0, 0.1) is 0 Å². The summed E-state index contributed by atoms with van der Waals surface area (Å²) in [4.78, 5) is 32.2. The van der Waals surface area contributed by atoms with Crippen LogP contribution in [0.1, 0.15) is 15.9 Å². The zero-order chi connectivity index (χ0) is 28.4. The number of nitrogens with one attached hydrogen (secondary N) is 1. The summed E-state index contributed by atoms with van der Waals surface area (Å²) in [6, 6.07) is 16.1. The number of rotatable bonds is 8. The van der Waals surface area contributed by atoms with Crippen molar-refractivity contribution in [2.45, 2.75) is 12.6 Å². The molecule has 1 amide bonds. The van der Waals surface area contributed by atoms with Crippen LogP contribution in [0.5, 0.6) is 5.88 Å². The van der Waals surface area contributed by atoms with Crippen LogP contribution >= 0.6 is 23.2 Å². The third-order valence-electron chi connectivity index (χ3n) is 6.85. The summed E-state index contributed by atoms with van der Waals surface area (Å²) in [5, 5.41) is 7.31. The van der Waals surface area contributed by atoms with E-state index in [1.165, 1.54) is 19.3 Å². The van der Waals surface area contributed by atoms with E-state index in [1.54, 1.807) is 26.4 Å².